The number of thiophene rings is 1. The van der Waals surface area contributed by atoms with Gasteiger partial charge in [-0.3, -0.25) is 0 Å². The Morgan fingerprint density at radius 1 is 1.00 bits per heavy atom. The highest BCUT2D eigenvalue weighted by Gasteiger charge is 2.24. The molecule has 2 aliphatic rings. The molecule has 2 aliphatic carbocycles. The number of methoxy groups -OCH3 is 1. The molecule has 3 rings (SSSR count). The lowest BCUT2D eigenvalue weighted by Gasteiger charge is -2.04. The van der Waals surface area contributed by atoms with Crippen LogP contribution in [0.3, 0.4) is 0 Å². The van der Waals surface area contributed by atoms with E-state index in [4.69, 9.17) is 4.74 Å². The maximum Gasteiger partial charge on any atom is 0.339 e. The van der Waals surface area contributed by atoms with E-state index in [1.807, 2.05) is 30.3 Å². The summed E-state index contributed by atoms with van der Waals surface area (Å²) in [6.07, 6.45) is 0. The van der Waals surface area contributed by atoms with Crippen LogP contribution in [-0.2, 0) is 4.74 Å². The van der Waals surface area contributed by atoms with Crippen LogP contribution in [-0.4, -0.2) is 13.1 Å². The van der Waals surface area contributed by atoms with E-state index in [1.165, 1.54) is 16.9 Å². The minimum atomic E-state index is -0.283. The van der Waals surface area contributed by atoms with Gasteiger partial charge in [0.25, 0.3) is 0 Å². The van der Waals surface area contributed by atoms with Crippen LogP contribution in [0.1, 0.15) is 20.1 Å². The highest BCUT2D eigenvalue weighted by molar-refractivity contribution is 7.12. The van der Waals surface area contributed by atoms with Gasteiger partial charge in [0, 0.05) is 9.75 Å². The predicted molar refractivity (Wildman–Crippen MR) is 87.2 cm³/mol. The van der Waals surface area contributed by atoms with Crippen molar-refractivity contribution in [1.29, 1.82) is 0 Å². The Morgan fingerprint density at radius 2 is 1.76 bits per heavy atom. The average molecular weight is 296 g/mol. The molecule has 0 spiro atoms. The van der Waals surface area contributed by atoms with Gasteiger partial charge in [-0.05, 0) is 48.2 Å². The van der Waals surface area contributed by atoms with Crippen molar-refractivity contribution in [1.82, 2.24) is 0 Å². The van der Waals surface area contributed by atoms with Crippen molar-refractivity contribution in [2.75, 3.05) is 7.11 Å². The number of hydrogen-bond donors (Lipinski definition) is 0. The molecule has 0 aromatic carbocycles. The van der Waals surface area contributed by atoms with Crippen LogP contribution >= 0.6 is 11.3 Å². The van der Waals surface area contributed by atoms with Gasteiger partial charge in [-0.25, -0.2) is 4.79 Å². The lowest BCUT2D eigenvalue weighted by atomic mass is 10.0. The molecule has 106 valence electrons. The smallest absolute Gasteiger partial charge is 0.339 e. The van der Waals surface area contributed by atoms with Crippen molar-refractivity contribution in [2.24, 2.45) is 0 Å². The summed E-state index contributed by atoms with van der Waals surface area (Å²) in [5.74, 6) is -0.283. The van der Waals surface area contributed by atoms with Crippen LogP contribution in [0.2, 0.25) is 0 Å². The van der Waals surface area contributed by atoms with E-state index in [0.717, 1.165) is 22.3 Å². The van der Waals surface area contributed by atoms with Crippen molar-refractivity contribution in [2.45, 2.75) is 13.8 Å². The Morgan fingerprint density at radius 3 is 2.43 bits per heavy atom. The molecule has 0 saturated heterocycles. The molecule has 1 aromatic rings. The summed E-state index contributed by atoms with van der Waals surface area (Å²) in [7, 11) is 1.43. The summed E-state index contributed by atoms with van der Waals surface area (Å²) in [6.45, 7) is 4.17. The number of rotatable bonds is 2. The molecule has 0 radical (unpaired) electrons. The first-order valence-electron chi connectivity index (χ1n) is 6.79. The standard InChI is InChI=1S/C18H16O2S/c1-11-9-15(12(2)21-11)16-10-13-7-5-4-6-8-14(13)17(16)18(19)20-3/h4-10H,1-3H3. The van der Waals surface area contributed by atoms with Crippen molar-refractivity contribution < 1.29 is 9.53 Å². The average Bonchev–Trinajstić information content (AvgIpc) is 2.89. The molecule has 21 heavy (non-hydrogen) atoms. The Balaban J connectivity index is 2.34. The molecule has 0 aliphatic heterocycles. The van der Waals surface area contributed by atoms with E-state index >= 15 is 0 Å². The van der Waals surface area contributed by atoms with E-state index in [2.05, 4.69) is 26.0 Å². The fourth-order valence-corrected chi connectivity index (χ4v) is 3.66. The van der Waals surface area contributed by atoms with Crippen LogP contribution < -0.4 is 0 Å². The monoisotopic (exact) mass is 296 g/mol. The second-order valence-corrected chi connectivity index (χ2v) is 6.49. The Hall–Kier alpha value is -2.13. The first kappa shape index (κ1) is 13.8. The number of esters is 1. The highest BCUT2D eigenvalue weighted by atomic mass is 32.1. The third kappa shape index (κ3) is 2.34. The van der Waals surface area contributed by atoms with Crippen molar-refractivity contribution in [3.8, 4) is 22.3 Å². The molecule has 3 heteroatoms. The van der Waals surface area contributed by atoms with Crippen LogP contribution in [0.4, 0.5) is 0 Å². The Kier molecular flexibility index (Phi) is 3.52. The van der Waals surface area contributed by atoms with E-state index < -0.39 is 0 Å². The van der Waals surface area contributed by atoms with Gasteiger partial charge >= 0.3 is 5.97 Å². The zero-order valence-electron chi connectivity index (χ0n) is 12.3. The Labute approximate surface area is 128 Å². The van der Waals surface area contributed by atoms with Crippen LogP contribution in [0.5, 0.6) is 0 Å². The molecule has 1 aromatic heterocycles. The molecule has 0 atom stereocenters. The van der Waals surface area contributed by atoms with Crippen LogP contribution in [0.15, 0.2) is 42.5 Å². The predicted octanol–water partition coefficient (Wildman–Crippen LogP) is 4.92. The molecule has 1 heterocycles. The van der Waals surface area contributed by atoms with Gasteiger partial charge in [0.1, 0.15) is 0 Å². The van der Waals surface area contributed by atoms with Gasteiger partial charge in [0.05, 0.1) is 12.7 Å². The second kappa shape index (κ2) is 5.34. The molecular formula is C18H16O2S. The number of carbonyl (C=O) groups is 1. The quantitative estimate of drug-likeness (QED) is 0.627. The number of hydrogen-bond acceptors (Lipinski definition) is 3. The van der Waals surface area contributed by atoms with Gasteiger partial charge in [0.15, 0.2) is 0 Å². The fourth-order valence-electron chi connectivity index (χ4n) is 2.72. The summed E-state index contributed by atoms with van der Waals surface area (Å²) in [4.78, 5) is 14.7. The number of carbonyl (C=O) groups excluding carboxylic acids is 1. The SMILES string of the molecule is COC(=O)c1c2cccccc-2cc1-c1cc(C)sc1C. The summed E-state index contributed by atoms with van der Waals surface area (Å²) >= 11 is 1.75. The van der Waals surface area contributed by atoms with E-state index in [1.54, 1.807) is 11.3 Å². The summed E-state index contributed by atoms with van der Waals surface area (Å²) in [6, 6.07) is 14.1. The van der Waals surface area contributed by atoms with Gasteiger partial charge < -0.3 is 4.74 Å². The molecular weight excluding hydrogens is 280 g/mol. The number of ether oxygens (including phenoxy) is 1. The maximum absolute atomic E-state index is 12.3. The number of fused-ring (bicyclic) bond motifs is 1. The summed E-state index contributed by atoms with van der Waals surface area (Å²) in [5.41, 5.74) is 4.73. The summed E-state index contributed by atoms with van der Waals surface area (Å²) in [5, 5.41) is 0. The van der Waals surface area contributed by atoms with Crippen molar-refractivity contribution >= 4 is 17.3 Å². The first-order valence-corrected chi connectivity index (χ1v) is 7.61. The van der Waals surface area contributed by atoms with Crippen molar-refractivity contribution in [3.05, 3.63) is 57.8 Å². The zero-order valence-corrected chi connectivity index (χ0v) is 13.1. The third-order valence-electron chi connectivity index (χ3n) is 3.63. The van der Waals surface area contributed by atoms with Crippen LogP contribution in [0, 0.1) is 13.8 Å². The topological polar surface area (TPSA) is 26.3 Å². The maximum atomic E-state index is 12.3. The minimum Gasteiger partial charge on any atom is -0.465 e. The largest absolute Gasteiger partial charge is 0.465 e. The lowest BCUT2D eigenvalue weighted by Crippen LogP contribution is -2.02. The highest BCUT2D eigenvalue weighted by Crippen LogP contribution is 2.41. The fraction of sp³-hybridized carbons (Fsp3) is 0.167. The lowest BCUT2D eigenvalue weighted by molar-refractivity contribution is 0.0603. The summed E-state index contributed by atoms with van der Waals surface area (Å²) < 4.78 is 5.01. The van der Waals surface area contributed by atoms with Gasteiger partial charge in [-0.2, -0.15) is 0 Å². The van der Waals surface area contributed by atoms with Gasteiger partial charge in [-0.1, -0.05) is 30.3 Å². The molecule has 0 bridgehead atoms. The molecule has 0 amide bonds. The minimum absolute atomic E-state index is 0.283. The van der Waals surface area contributed by atoms with Crippen LogP contribution in [0.25, 0.3) is 22.3 Å². The van der Waals surface area contributed by atoms with Crippen molar-refractivity contribution in [3.63, 3.8) is 0 Å². The van der Waals surface area contributed by atoms with E-state index in [0.29, 0.717) is 5.56 Å². The van der Waals surface area contributed by atoms with Gasteiger partial charge in [-0.15, -0.1) is 11.3 Å². The molecule has 0 fully saturated rings. The molecule has 0 saturated carbocycles. The number of aryl methyl sites for hydroxylation is 2. The normalized spacial score (nSPS) is 10.8. The third-order valence-corrected chi connectivity index (χ3v) is 4.60. The first-order chi connectivity index (χ1) is 10.1. The second-order valence-electron chi connectivity index (χ2n) is 5.03. The molecule has 2 nitrogen and oxygen atoms in total. The molecule has 0 unspecified atom stereocenters. The Bertz CT molecular complexity index is 786. The van der Waals surface area contributed by atoms with Gasteiger partial charge in [0.2, 0.25) is 0 Å². The molecule has 0 N–H and O–H groups in total. The van der Waals surface area contributed by atoms with E-state index in [-0.39, 0.29) is 5.97 Å². The zero-order chi connectivity index (χ0) is 15.0. The van der Waals surface area contributed by atoms with E-state index in [9.17, 15) is 4.79 Å².